The van der Waals surface area contributed by atoms with E-state index in [1.165, 1.54) is 5.56 Å². The minimum absolute atomic E-state index is 0.191. The molecule has 1 fully saturated rings. The summed E-state index contributed by atoms with van der Waals surface area (Å²) in [5.74, 6) is -3.18. The van der Waals surface area contributed by atoms with Crippen molar-refractivity contribution in [3.63, 3.8) is 0 Å². The third-order valence-corrected chi connectivity index (χ3v) is 5.50. The molecule has 2 heterocycles. The molecule has 2 aliphatic rings. The molecule has 0 spiro atoms. The van der Waals surface area contributed by atoms with Gasteiger partial charge in [0.1, 0.15) is 6.04 Å². The number of quaternary nitrogens is 1. The Bertz CT molecular complexity index is 883. The number of hydrogen-bond donors (Lipinski definition) is 2. The van der Waals surface area contributed by atoms with Gasteiger partial charge in [-0.15, -0.1) is 0 Å². The maximum Gasteiger partial charge on any atom is 0.227 e. The lowest BCUT2D eigenvalue weighted by atomic mass is 9.82. The Morgan fingerprint density at radius 3 is 1.87 bits per heavy atom. The molecule has 2 aliphatic heterocycles. The van der Waals surface area contributed by atoms with E-state index < -0.39 is 30.0 Å². The molecule has 0 radical (unpaired) electrons. The van der Waals surface area contributed by atoms with Gasteiger partial charge in [0, 0.05) is 17.5 Å². The number of benzene rings is 2. The minimum Gasteiger partial charge on any atom is -0.550 e. The second-order valence-corrected chi connectivity index (χ2v) is 7.77. The van der Waals surface area contributed by atoms with Crippen LogP contribution in [-0.4, -0.2) is 24.1 Å². The number of rotatable bonds is 5. The molecule has 2 bridgehead atoms. The van der Waals surface area contributed by atoms with Gasteiger partial charge in [-0.25, -0.2) is 0 Å². The predicted molar refractivity (Wildman–Crippen MR) is 111 cm³/mol. The van der Waals surface area contributed by atoms with Crippen molar-refractivity contribution >= 4 is 11.9 Å². The average Bonchev–Trinajstić information content (AvgIpc) is 3.37. The molecule has 6 heteroatoms. The van der Waals surface area contributed by atoms with E-state index in [-0.39, 0.29) is 11.9 Å². The maximum absolute atomic E-state index is 12.4. The predicted octanol–water partition coefficient (Wildman–Crippen LogP) is 1.17. The number of amides is 1. The topological polar surface area (TPSA) is 106 Å². The van der Waals surface area contributed by atoms with Crippen LogP contribution in [0.15, 0.2) is 72.8 Å². The molecule has 4 rings (SSSR count). The van der Waals surface area contributed by atoms with Crippen molar-refractivity contribution in [1.82, 2.24) is 5.32 Å². The van der Waals surface area contributed by atoms with Crippen molar-refractivity contribution in [2.45, 2.75) is 38.1 Å². The standard InChI is InChI=1S/C16H17NO4.C8H11N/c1-9(10-5-3-2-4-6-10)17-15(18)13-11-7-8-12(21-11)14(13)16(19)20;1-7(9)8-5-3-2-4-6-8/h2-9,11-14H,1H3,(H,17,18)(H,19,20);2-7H,9H2,1H3/t9-,11?,12?,13?,14?;7-/m00/s1. The summed E-state index contributed by atoms with van der Waals surface area (Å²) in [5, 5.41) is 14.1. The third kappa shape index (κ3) is 4.96. The highest BCUT2D eigenvalue weighted by Gasteiger charge is 2.50. The molecule has 2 aromatic rings. The third-order valence-electron chi connectivity index (χ3n) is 5.50. The highest BCUT2D eigenvalue weighted by atomic mass is 16.5. The normalized spacial score (nSPS) is 25.7. The first-order valence-electron chi connectivity index (χ1n) is 10.2. The fourth-order valence-corrected chi connectivity index (χ4v) is 3.82. The zero-order valence-corrected chi connectivity index (χ0v) is 17.2. The van der Waals surface area contributed by atoms with Gasteiger partial charge in [0.05, 0.1) is 24.2 Å². The monoisotopic (exact) mass is 408 g/mol. The van der Waals surface area contributed by atoms with Gasteiger partial charge in [-0.2, -0.15) is 0 Å². The smallest absolute Gasteiger partial charge is 0.227 e. The molecular weight excluding hydrogens is 380 g/mol. The first kappa shape index (κ1) is 21.7. The van der Waals surface area contributed by atoms with Crippen LogP contribution in [0.1, 0.15) is 37.1 Å². The number of carboxylic acid groups (broad SMARTS) is 1. The van der Waals surface area contributed by atoms with E-state index in [0.717, 1.165) is 5.56 Å². The van der Waals surface area contributed by atoms with E-state index in [4.69, 9.17) is 4.74 Å². The van der Waals surface area contributed by atoms with Gasteiger partial charge in [0.2, 0.25) is 5.91 Å². The number of aliphatic carboxylic acids is 1. The number of hydrogen-bond acceptors (Lipinski definition) is 4. The SMILES string of the molecule is C[C@H](NC(=O)C1C2C=CC(O2)C1C(=O)[O-])c1ccccc1.C[C@H]([NH3+])c1ccccc1. The van der Waals surface area contributed by atoms with Crippen molar-refractivity contribution in [2.75, 3.05) is 0 Å². The van der Waals surface area contributed by atoms with Crippen LogP contribution in [0.2, 0.25) is 0 Å². The number of nitrogens with one attached hydrogen (secondary N) is 1. The molecule has 158 valence electrons. The Balaban J connectivity index is 0.000000239. The number of ether oxygens (including phenoxy) is 1. The fourth-order valence-electron chi connectivity index (χ4n) is 3.82. The largest absolute Gasteiger partial charge is 0.550 e. The van der Waals surface area contributed by atoms with E-state index in [9.17, 15) is 14.7 Å². The second kappa shape index (κ2) is 9.69. The van der Waals surface area contributed by atoms with Crippen LogP contribution in [0, 0.1) is 11.8 Å². The molecule has 1 amide bonds. The average molecular weight is 408 g/mol. The Morgan fingerprint density at radius 2 is 1.40 bits per heavy atom. The molecule has 6 nitrogen and oxygen atoms in total. The van der Waals surface area contributed by atoms with Crippen LogP contribution < -0.4 is 16.2 Å². The van der Waals surface area contributed by atoms with Crippen molar-refractivity contribution < 1.29 is 25.2 Å². The number of fused-ring (bicyclic) bond motifs is 2. The zero-order valence-electron chi connectivity index (χ0n) is 17.2. The first-order valence-corrected chi connectivity index (χ1v) is 10.2. The second-order valence-electron chi connectivity index (χ2n) is 7.77. The number of carboxylic acids is 1. The minimum atomic E-state index is -1.24. The molecule has 1 saturated heterocycles. The Hall–Kier alpha value is -2.96. The molecule has 4 N–H and O–H groups in total. The molecule has 0 aromatic heterocycles. The summed E-state index contributed by atoms with van der Waals surface area (Å²) in [6.07, 6.45) is 2.42. The molecule has 0 aliphatic carbocycles. The number of carbonyl (C=O) groups excluding carboxylic acids is 2. The van der Waals surface area contributed by atoms with Gasteiger partial charge in [-0.05, 0) is 19.4 Å². The van der Waals surface area contributed by atoms with Crippen LogP contribution in [0.3, 0.4) is 0 Å². The summed E-state index contributed by atoms with van der Waals surface area (Å²) in [6.45, 7) is 3.96. The van der Waals surface area contributed by atoms with Gasteiger partial charge >= 0.3 is 0 Å². The van der Waals surface area contributed by atoms with E-state index in [0.29, 0.717) is 6.04 Å². The lowest BCUT2D eigenvalue weighted by molar-refractivity contribution is -0.420. The van der Waals surface area contributed by atoms with Crippen LogP contribution in [0.25, 0.3) is 0 Å². The van der Waals surface area contributed by atoms with E-state index >= 15 is 0 Å². The molecular formula is C24H28N2O4. The number of carbonyl (C=O) groups is 2. The van der Waals surface area contributed by atoms with Gasteiger partial charge in [-0.1, -0.05) is 72.8 Å². The van der Waals surface area contributed by atoms with E-state index in [2.05, 4.69) is 30.1 Å². The summed E-state index contributed by atoms with van der Waals surface area (Å²) < 4.78 is 5.47. The zero-order chi connectivity index (χ0) is 21.7. The van der Waals surface area contributed by atoms with Gasteiger partial charge in [0.15, 0.2) is 0 Å². The lowest BCUT2D eigenvalue weighted by Crippen LogP contribution is -2.51. The summed E-state index contributed by atoms with van der Waals surface area (Å²) in [7, 11) is 0. The molecule has 0 saturated carbocycles. The Kier molecular flexibility index (Phi) is 7.03. The van der Waals surface area contributed by atoms with Gasteiger partial charge in [0.25, 0.3) is 0 Å². The van der Waals surface area contributed by atoms with Crippen LogP contribution in [-0.2, 0) is 14.3 Å². The Labute approximate surface area is 176 Å². The molecule has 30 heavy (non-hydrogen) atoms. The summed E-state index contributed by atoms with van der Waals surface area (Å²) >= 11 is 0. The highest BCUT2D eigenvalue weighted by Crippen LogP contribution is 2.39. The first-order chi connectivity index (χ1) is 14.4. The van der Waals surface area contributed by atoms with Gasteiger partial charge < -0.3 is 25.7 Å². The van der Waals surface area contributed by atoms with Crippen molar-refractivity contribution in [2.24, 2.45) is 11.8 Å². The van der Waals surface area contributed by atoms with Crippen LogP contribution in [0.4, 0.5) is 0 Å². The van der Waals surface area contributed by atoms with Gasteiger partial charge in [-0.3, -0.25) is 4.79 Å². The van der Waals surface area contributed by atoms with Crippen molar-refractivity contribution in [1.29, 1.82) is 0 Å². The molecule has 6 atom stereocenters. The van der Waals surface area contributed by atoms with Crippen molar-refractivity contribution in [3.8, 4) is 0 Å². The fraction of sp³-hybridized carbons (Fsp3) is 0.333. The van der Waals surface area contributed by atoms with Crippen molar-refractivity contribution in [3.05, 3.63) is 83.9 Å². The van der Waals surface area contributed by atoms with Crippen LogP contribution >= 0.6 is 0 Å². The molecule has 4 unspecified atom stereocenters. The summed E-state index contributed by atoms with van der Waals surface area (Å²) in [6, 6.07) is 20.0. The Morgan fingerprint density at radius 1 is 0.900 bits per heavy atom. The maximum atomic E-state index is 12.4. The summed E-state index contributed by atoms with van der Waals surface area (Å²) in [4.78, 5) is 23.7. The van der Waals surface area contributed by atoms with Crippen LogP contribution in [0.5, 0.6) is 0 Å². The quantitative estimate of drug-likeness (QED) is 0.725. The molecule has 2 aromatic carbocycles. The lowest BCUT2D eigenvalue weighted by Gasteiger charge is -2.26. The summed E-state index contributed by atoms with van der Waals surface area (Å²) in [5.41, 5.74) is 6.18. The van der Waals surface area contributed by atoms with E-state index in [1.54, 1.807) is 12.2 Å². The van der Waals surface area contributed by atoms with E-state index in [1.807, 2.05) is 55.5 Å². The highest BCUT2D eigenvalue weighted by molar-refractivity contribution is 5.87.